The molecule has 150 valence electrons. The van der Waals surface area contributed by atoms with Crippen molar-refractivity contribution in [3.05, 3.63) is 87.7 Å². The highest BCUT2D eigenvalue weighted by atomic mass is 35.5. The number of carbonyl (C=O) groups excluding carboxylic acids is 1. The lowest BCUT2D eigenvalue weighted by atomic mass is 9.82. The van der Waals surface area contributed by atoms with Crippen LogP contribution in [-0.2, 0) is 12.2 Å². The summed E-state index contributed by atoms with van der Waals surface area (Å²) in [7, 11) is 0. The smallest absolute Gasteiger partial charge is 0.253 e. The molecular formula is C23H19ClN4OS. The second kappa shape index (κ2) is 7.85. The molecule has 0 amide bonds. The van der Waals surface area contributed by atoms with Crippen molar-refractivity contribution in [1.29, 1.82) is 0 Å². The third kappa shape index (κ3) is 3.85. The molecule has 7 heteroatoms. The van der Waals surface area contributed by atoms with Crippen LogP contribution in [0.25, 0.3) is 5.78 Å². The first kappa shape index (κ1) is 19.3. The Bertz CT molecular complexity index is 1270. The summed E-state index contributed by atoms with van der Waals surface area (Å²) in [6.07, 6.45) is 2.92. The van der Waals surface area contributed by atoms with Crippen molar-refractivity contribution in [3.63, 3.8) is 0 Å². The van der Waals surface area contributed by atoms with Gasteiger partial charge >= 0.3 is 0 Å². The number of thioether (sulfide) groups is 1. The first-order chi connectivity index (χ1) is 14.5. The van der Waals surface area contributed by atoms with E-state index in [4.69, 9.17) is 11.6 Å². The predicted molar refractivity (Wildman–Crippen MR) is 118 cm³/mol. The monoisotopic (exact) mass is 434 g/mol. The van der Waals surface area contributed by atoms with E-state index in [0.717, 1.165) is 17.0 Å². The molecular weight excluding hydrogens is 416 g/mol. The van der Waals surface area contributed by atoms with E-state index in [0.29, 0.717) is 34.4 Å². The van der Waals surface area contributed by atoms with Crippen molar-refractivity contribution in [2.45, 2.75) is 36.6 Å². The zero-order chi connectivity index (χ0) is 20.7. The van der Waals surface area contributed by atoms with Gasteiger partial charge < -0.3 is 0 Å². The van der Waals surface area contributed by atoms with Crippen LogP contribution >= 0.6 is 23.4 Å². The maximum atomic E-state index is 12.8. The summed E-state index contributed by atoms with van der Waals surface area (Å²) in [5.74, 6) is 1.48. The summed E-state index contributed by atoms with van der Waals surface area (Å²) in [5.41, 5.74) is 4.95. The lowest BCUT2D eigenvalue weighted by molar-refractivity contribution is 0.0962. The fraction of sp³-hybridized carbons (Fsp3) is 0.217. The van der Waals surface area contributed by atoms with Crippen LogP contribution in [0.1, 0.15) is 45.1 Å². The van der Waals surface area contributed by atoms with E-state index in [1.807, 2.05) is 24.3 Å². The van der Waals surface area contributed by atoms with Gasteiger partial charge in [-0.2, -0.15) is 4.98 Å². The molecule has 1 aliphatic carbocycles. The molecule has 0 spiro atoms. The molecule has 4 aromatic rings. The Morgan fingerprint density at radius 1 is 1.13 bits per heavy atom. The van der Waals surface area contributed by atoms with E-state index in [2.05, 4.69) is 46.3 Å². The molecule has 0 fully saturated rings. The van der Waals surface area contributed by atoms with Crippen LogP contribution < -0.4 is 0 Å². The molecule has 1 atom stereocenters. The molecule has 1 aliphatic rings. The van der Waals surface area contributed by atoms with E-state index < -0.39 is 0 Å². The Balaban J connectivity index is 1.41. The molecule has 0 bridgehead atoms. The quantitative estimate of drug-likeness (QED) is 0.408. The predicted octanol–water partition coefficient (Wildman–Crippen LogP) is 5.29. The molecule has 0 N–H and O–H groups in total. The summed E-state index contributed by atoms with van der Waals surface area (Å²) in [6, 6.07) is 16.1. The number of Topliss-reactive ketones (excluding diaryl/α,β-unsaturated/α-hetero) is 1. The van der Waals surface area contributed by atoms with Crippen LogP contribution in [0, 0.1) is 6.92 Å². The molecule has 0 saturated heterocycles. The van der Waals surface area contributed by atoms with Crippen LogP contribution in [0.5, 0.6) is 0 Å². The molecule has 2 aromatic carbocycles. The van der Waals surface area contributed by atoms with Crippen LogP contribution in [0.4, 0.5) is 0 Å². The van der Waals surface area contributed by atoms with Crippen molar-refractivity contribution in [2.24, 2.45) is 0 Å². The number of hydrogen-bond donors (Lipinski definition) is 0. The second-order valence-electron chi connectivity index (χ2n) is 7.60. The summed E-state index contributed by atoms with van der Waals surface area (Å²) in [4.78, 5) is 22.1. The average Bonchev–Trinajstić information content (AvgIpc) is 3.13. The summed E-state index contributed by atoms with van der Waals surface area (Å²) in [6.45, 7) is 2.08. The van der Waals surface area contributed by atoms with Gasteiger partial charge in [-0.25, -0.2) is 9.50 Å². The maximum absolute atomic E-state index is 12.8. The second-order valence-corrected chi connectivity index (χ2v) is 8.98. The van der Waals surface area contributed by atoms with Gasteiger partial charge in [-0.1, -0.05) is 65.3 Å². The van der Waals surface area contributed by atoms with Crippen LogP contribution in [0.2, 0.25) is 5.02 Å². The van der Waals surface area contributed by atoms with Gasteiger partial charge in [0.1, 0.15) is 0 Å². The van der Waals surface area contributed by atoms with Crippen LogP contribution in [0.3, 0.4) is 0 Å². The minimum atomic E-state index is 0.0803. The van der Waals surface area contributed by atoms with Gasteiger partial charge in [-0.05, 0) is 42.5 Å². The van der Waals surface area contributed by atoms with Crippen LogP contribution in [-0.4, -0.2) is 25.4 Å². The van der Waals surface area contributed by atoms with Crippen molar-refractivity contribution in [3.8, 4) is 0 Å². The Hall–Kier alpha value is -2.70. The average molecular weight is 435 g/mol. The van der Waals surface area contributed by atoms with Gasteiger partial charge in [0.15, 0.2) is 5.78 Å². The number of rotatable bonds is 4. The van der Waals surface area contributed by atoms with Gasteiger partial charge in [0.05, 0.1) is 11.3 Å². The van der Waals surface area contributed by atoms with Gasteiger partial charge in [-0.15, -0.1) is 5.10 Å². The molecule has 5 nitrogen and oxygen atoms in total. The number of hydrogen-bond acceptors (Lipinski definition) is 5. The summed E-state index contributed by atoms with van der Waals surface area (Å²) >= 11 is 7.71. The topological polar surface area (TPSA) is 60.1 Å². The minimum Gasteiger partial charge on any atom is -0.294 e. The first-order valence-corrected chi connectivity index (χ1v) is 11.1. The SMILES string of the molecule is Cc1cccc(CSc2nc3nc4c(cn3n2)C(=O)C[C@H](c2cccc(Cl)c2)C4)c1. The zero-order valence-electron chi connectivity index (χ0n) is 16.4. The number of nitrogens with zero attached hydrogens (tertiary/aromatic N) is 4. The Kier molecular flexibility index (Phi) is 5.05. The molecule has 0 aliphatic heterocycles. The van der Waals surface area contributed by atoms with E-state index in [-0.39, 0.29) is 11.7 Å². The Labute approximate surface area is 183 Å². The fourth-order valence-electron chi connectivity index (χ4n) is 3.87. The zero-order valence-corrected chi connectivity index (χ0v) is 18.0. The highest BCUT2D eigenvalue weighted by Gasteiger charge is 2.28. The molecule has 0 radical (unpaired) electrons. The maximum Gasteiger partial charge on any atom is 0.253 e. The molecule has 2 aromatic heterocycles. The third-order valence-corrected chi connectivity index (χ3v) is 6.48. The summed E-state index contributed by atoms with van der Waals surface area (Å²) < 4.78 is 1.62. The Morgan fingerprint density at radius 3 is 2.83 bits per heavy atom. The molecule has 30 heavy (non-hydrogen) atoms. The van der Waals surface area contributed by atoms with E-state index in [1.165, 1.54) is 11.1 Å². The highest BCUT2D eigenvalue weighted by molar-refractivity contribution is 7.98. The third-order valence-electron chi connectivity index (χ3n) is 5.33. The van der Waals surface area contributed by atoms with Gasteiger partial charge in [0.2, 0.25) is 5.16 Å². The van der Waals surface area contributed by atoms with E-state index >= 15 is 0 Å². The van der Waals surface area contributed by atoms with Crippen molar-refractivity contribution in [1.82, 2.24) is 19.6 Å². The number of aromatic nitrogens is 4. The van der Waals surface area contributed by atoms with E-state index in [1.54, 1.807) is 22.5 Å². The fourth-order valence-corrected chi connectivity index (χ4v) is 4.84. The Morgan fingerprint density at radius 2 is 2.00 bits per heavy atom. The number of aryl methyl sites for hydroxylation is 1. The lowest BCUT2D eigenvalue weighted by Crippen LogP contribution is -2.21. The van der Waals surface area contributed by atoms with Crippen molar-refractivity contribution >= 4 is 34.9 Å². The number of halogens is 1. The number of benzene rings is 2. The number of ketones is 1. The number of fused-ring (bicyclic) bond motifs is 2. The lowest BCUT2D eigenvalue weighted by Gasteiger charge is -2.23. The number of carbonyl (C=O) groups is 1. The van der Waals surface area contributed by atoms with E-state index in [9.17, 15) is 4.79 Å². The van der Waals surface area contributed by atoms with Crippen molar-refractivity contribution < 1.29 is 4.79 Å². The molecule has 2 heterocycles. The molecule has 5 rings (SSSR count). The normalized spacial score (nSPS) is 16.1. The molecule has 0 unspecified atom stereocenters. The van der Waals surface area contributed by atoms with Gasteiger partial charge in [0, 0.05) is 23.4 Å². The van der Waals surface area contributed by atoms with Crippen molar-refractivity contribution in [2.75, 3.05) is 0 Å². The summed E-state index contributed by atoms with van der Waals surface area (Å²) in [5, 5.41) is 5.86. The van der Waals surface area contributed by atoms with Gasteiger partial charge in [0.25, 0.3) is 5.78 Å². The molecule has 0 saturated carbocycles. The minimum absolute atomic E-state index is 0.0803. The van der Waals surface area contributed by atoms with Crippen LogP contribution in [0.15, 0.2) is 59.9 Å². The highest BCUT2D eigenvalue weighted by Crippen LogP contribution is 2.33. The van der Waals surface area contributed by atoms with Gasteiger partial charge in [-0.3, -0.25) is 4.79 Å². The first-order valence-electron chi connectivity index (χ1n) is 9.78. The largest absolute Gasteiger partial charge is 0.294 e. The standard InChI is InChI=1S/C23H19ClN4OS/c1-14-4-2-5-15(8-14)13-30-23-26-22-25-20-10-17(16-6-3-7-18(24)9-16)11-21(29)19(20)12-28(22)27-23/h2-9,12,17H,10-11,13H2,1H3/t17-/m1/s1.